The van der Waals surface area contributed by atoms with E-state index in [4.69, 9.17) is 16.3 Å². The molecule has 0 aliphatic heterocycles. The predicted octanol–water partition coefficient (Wildman–Crippen LogP) is 3.00. The van der Waals surface area contributed by atoms with Gasteiger partial charge in [-0.05, 0) is 38.1 Å². The van der Waals surface area contributed by atoms with Crippen molar-refractivity contribution < 1.29 is 14.3 Å². The van der Waals surface area contributed by atoms with E-state index in [2.05, 4.69) is 11.9 Å². The highest BCUT2D eigenvalue weighted by atomic mass is 35.5. The minimum absolute atomic E-state index is 0.107. The number of carbonyl (C=O) groups is 2. The maximum absolute atomic E-state index is 12.1. The maximum Gasteiger partial charge on any atom is 0.333 e. The van der Waals surface area contributed by atoms with Gasteiger partial charge in [0.1, 0.15) is 6.61 Å². The first-order valence-corrected chi connectivity index (χ1v) is 6.97. The zero-order valence-electron chi connectivity index (χ0n) is 12.2. The minimum Gasteiger partial charge on any atom is -0.460 e. The summed E-state index contributed by atoms with van der Waals surface area (Å²) in [6.07, 6.45) is 0. The van der Waals surface area contributed by atoms with Crippen molar-refractivity contribution in [3.05, 3.63) is 41.4 Å². The molecule has 0 aliphatic rings. The molecule has 0 atom stereocenters. The van der Waals surface area contributed by atoms with E-state index in [9.17, 15) is 9.59 Å². The first-order valence-electron chi connectivity index (χ1n) is 6.59. The van der Waals surface area contributed by atoms with E-state index in [-0.39, 0.29) is 19.2 Å². The third-order valence-corrected chi connectivity index (χ3v) is 2.91. The number of esters is 1. The quantitative estimate of drug-likeness (QED) is 0.499. The Hall–Kier alpha value is -2.01. The Morgan fingerprint density at radius 2 is 1.95 bits per heavy atom. The van der Waals surface area contributed by atoms with E-state index in [1.165, 1.54) is 0 Å². The van der Waals surface area contributed by atoms with E-state index in [1.54, 1.807) is 36.1 Å². The number of halogens is 1. The molecule has 0 aromatic heterocycles. The highest BCUT2D eigenvalue weighted by molar-refractivity contribution is 6.30. The van der Waals surface area contributed by atoms with Crippen LogP contribution < -0.4 is 10.2 Å². The van der Waals surface area contributed by atoms with Crippen LogP contribution in [0.25, 0.3) is 0 Å². The number of rotatable bonds is 6. The van der Waals surface area contributed by atoms with E-state index in [0.717, 1.165) is 5.69 Å². The van der Waals surface area contributed by atoms with Gasteiger partial charge in [0, 0.05) is 22.8 Å². The second-order valence-corrected chi connectivity index (χ2v) is 4.81. The molecule has 114 valence electrons. The Labute approximate surface area is 129 Å². The molecule has 0 bridgehead atoms. The first-order chi connectivity index (χ1) is 9.95. The van der Waals surface area contributed by atoms with Gasteiger partial charge in [0.2, 0.25) is 0 Å². The Morgan fingerprint density at radius 3 is 2.48 bits per heavy atom. The number of urea groups is 1. The molecule has 0 radical (unpaired) electrons. The van der Waals surface area contributed by atoms with Crippen LogP contribution in [0.1, 0.15) is 13.8 Å². The van der Waals surface area contributed by atoms with Crippen LogP contribution in [0.4, 0.5) is 10.5 Å². The van der Waals surface area contributed by atoms with E-state index < -0.39 is 5.97 Å². The van der Waals surface area contributed by atoms with Crippen LogP contribution in [0.2, 0.25) is 5.02 Å². The molecular formula is C15H19ClN2O3. The summed E-state index contributed by atoms with van der Waals surface area (Å²) in [5.74, 6) is -0.464. The molecule has 0 saturated carbocycles. The average molecular weight is 311 g/mol. The lowest BCUT2D eigenvalue weighted by Gasteiger charge is -2.21. The predicted molar refractivity (Wildman–Crippen MR) is 83.6 cm³/mol. The molecule has 0 aliphatic carbocycles. The number of anilines is 1. The normalized spacial score (nSPS) is 9.86. The fraction of sp³-hybridized carbons (Fsp3) is 0.333. The Morgan fingerprint density at radius 1 is 1.33 bits per heavy atom. The number of carbonyl (C=O) groups excluding carboxylic acids is 2. The minimum atomic E-state index is -0.464. The summed E-state index contributed by atoms with van der Waals surface area (Å²) in [5, 5.41) is 3.30. The second kappa shape index (κ2) is 8.32. The van der Waals surface area contributed by atoms with Gasteiger partial charge in [0.05, 0.1) is 6.54 Å². The third kappa shape index (κ3) is 5.47. The van der Waals surface area contributed by atoms with Gasteiger partial charge in [-0.1, -0.05) is 18.2 Å². The summed E-state index contributed by atoms with van der Waals surface area (Å²) in [4.78, 5) is 24.8. The first kappa shape index (κ1) is 17.0. The number of nitrogens with zero attached hydrogens (tertiary/aromatic N) is 1. The molecule has 21 heavy (non-hydrogen) atoms. The molecule has 1 aromatic rings. The number of amides is 2. The maximum atomic E-state index is 12.1. The average Bonchev–Trinajstić information content (AvgIpc) is 2.46. The molecule has 0 heterocycles. The lowest BCUT2D eigenvalue weighted by Crippen LogP contribution is -2.41. The van der Waals surface area contributed by atoms with Crippen molar-refractivity contribution in [1.29, 1.82) is 0 Å². The molecule has 0 unspecified atom stereocenters. The molecule has 5 nitrogen and oxygen atoms in total. The van der Waals surface area contributed by atoms with Crippen molar-refractivity contribution in [3.8, 4) is 0 Å². The van der Waals surface area contributed by atoms with Crippen molar-refractivity contribution in [3.63, 3.8) is 0 Å². The van der Waals surface area contributed by atoms with Crippen LogP contribution in [0.15, 0.2) is 36.4 Å². The van der Waals surface area contributed by atoms with Crippen molar-refractivity contribution in [2.24, 2.45) is 0 Å². The standard InChI is InChI=1S/C15H19ClN2O3/c1-4-18(13-7-5-12(16)6-8-13)15(20)17-9-10-21-14(19)11(2)3/h5-8H,2,4,9-10H2,1,3H3,(H,17,20). The Bertz CT molecular complexity index is 514. The smallest absolute Gasteiger partial charge is 0.333 e. The van der Waals surface area contributed by atoms with Gasteiger partial charge >= 0.3 is 12.0 Å². The second-order valence-electron chi connectivity index (χ2n) is 4.37. The number of hydrogen-bond donors (Lipinski definition) is 1. The highest BCUT2D eigenvalue weighted by Crippen LogP contribution is 2.17. The molecule has 1 aromatic carbocycles. The fourth-order valence-corrected chi connectivity index (χ4v) is 1.71. The lowest BCUT2D eigenvalue weighted by atomic mass is 10.3. The summed E-state index contributed by atoms with van der Waals surface area (Å²) in [7, 11) is 0. The number of hydrogen-bond acceptors (Lipinski definition) is 3. The SMILES string of the molecule is C=C(C)C(=O)OCCNC(=O)N(CC)c1ccc(Cl)cc1. The monoisotopic (exact) mass is 310 g/mol. The van der Waals surface area contributed by atoms with Crippen LogP contribution in [-0.4, -0.2) is 31.7 Å². The topological polar surface area (TPSA) is 58.6 Å². The zero-order chi connectivity index (χ0) is 15.8. The van der Waals surface area contributed by atoms with Crippen molar-refractivity contribution in [1.82, 2.24) is 5.32 Å². The van der Waals surface area contributed by atoms with Gasteiger partial charge in [0.25, 0.3) is 0 Å². The summed E-state index contributed by atoms with van der Waals surface area (Å²) < 4.78 is 4.90. The van der Waals surface area contributed by atoms with Gasteiger partial charge in [-0.25, -0.2) is 9.59 Å². The molecule has 6 heteroatoms. The van der Waals surface area contributed by atoms with Crippen LogP contribution in [0, 0.1) is 0 Å². The van der Waals surface area contributed by atoms with E-state index in [0.29, 0.717) is 17.1 Å². The highest BCUT2D eigenvalue weighted by Gasteiger charge is 2.13. The number of benzene rings is 1. The summed E-state index contributed by atoms with van der Waals surface area (Å²) in [6, 6.07) is 6.73. The van der Waals surface area contributed by atoms with Crippen molar-refractivity contribution in [2.75, 3.05) is 24.6 Å². The zero-order valence-corrected chi connectivity index (χ0v) is 12.9. The summed E-state index contributed by atoms with van der Waals surface area (Å²) in [5.41, 5.74) is 1.08. The van der Waals surface area contributed by atoms with Crippen molar-refractivity contribution >= 4 is 29.3 Å². The Balaban J connectivity index is 2.47. The largest absolute Gasteiger partial charge is 0.460 e. The molecular weight excluding hydrogens is 292 g/mol. The third-order valence-electron chi connectivity index (χ3n) is 2.66. The van der Waals surface area contributed by atoms with Crippen LogP contribution in [0.3, 0.4) is 0 Å². The van der Waals surface area contributed by atoms with Crippen LogP contribution in [-0.2, 0) is 9.53 Å². The molecule has 1 N–H and O–H groups in total. The fourth-order valence-electron chi connectivity index (χ4n) is 1.58. The summed E-state index contributed by atoms with van der Waals surface area (Å²) in [6.45, 7) is 7.77. The molecule has 1 rings (SSSR count). The van der Waals surface area contributed by atoms with Crippen molar-refractivity contribution in [2.45, 2.75) is 13.8 Å². The van der Waals surface area contributed by atoms with Crippen LogP contribution in [0.5, 0.6) is 0 Å². The lowest BCUT2D eigenvalue weighted by molar-refractivity contribution is -0.138. The number of ether oxygens (including phenoxy) is 1. The van der Waals surface area contributed by atoms with Gasteiger partial charge < -0.3 is 10.1 Å². The number of nitrogens with one attached hydrogen (secondary N) is 1. The Kier molecular flexibility index (Phi) is 6.75. The molecule has 0 saturated heterocycles. The van der Waals surface area contributed by atoms with E-state index >= 15 is 0 Å². The van der Waals surface area contributed by atoms with Gasteiger partial charge in [-0.3, -0.25) is 4.90 Å². The molecule has 2 amide bonds. The van der Waals surface area contributed by atoms with E-state index in [1.807, 2.05) is 6.92 Å². The summed E-state index contributed by atoms with van der Waals surface area (Å²) >= 11 is 5.82. The van der Waals surface area contributed by atoms with Gasteiger partial charge in [0.15, 0.2) is 0 Å². The van der Waals surface area contributed by atoms with Gasteiger partial charge in [-0.2, -0.15) is 0 Å². The molecule has 0 fully saturated rings. The van der Waals surface area contributed by atoms with Crippen LogP contribution >= 0.6 is 11.6 Å². The van der Waals surface area contributed by atoms with Gasteiger partial charge in [-0.15, -0.1) is 0 Å². The molecule has 0 spiro atoms.